The molecule has 0 aliphatic rings. The standard InChI is InChI=1S/C10H8FS3/c1-12-10-6-9(13-14-10)7-2-4-8(11)5-3-7/h2-6H,1H3/q+1. The van der Waals surface area contributed by atoms with Crippen LogP contribution in [0, 0.1) is 5.82 Å². The molecule has 0 saturated heterocycles. The maximum Gasteiger partial charge on any atom is 0.308 e. The molecular weight excluding hydrogens is 235 g/mol. The summed E-state index contributed by atoms with van der Waals surface area (Å²) in [6.07, 6.45) is 2.06. The predicted octanol–water partition coefficient (Wildman–Crippen LogP) is 4.62. The molecule has 0 amide bonds. The maximum absolute atomic E-state index is 12.7. The minimum atomic E-state index is -0.181. The van der Waals surface area contributed by atoms with Gasteiger partial charge in [-0.2, -0.15) is 0 Å². The van der Waals surface area contributed by atoms with Crippen LogP contribution in [0.5, 0.6) is 0 Å². The molecule has 0 radical (unpaired) electrons. The van der Waals surface area contributed by atoms with E-state index in [2.05, 4.69) is 12.3 Å². The van der Waals surface area contributed by atoms with Gasteiger partial charge < -0.3 is 0 Å². The summed E-state index contributed by atoms with van der Waals surface area (Å²) in [4.78, 5) is 1.21. The van der Waals surface area contributed by atoms with Gasteiger partial charge in [-0.15, -0.1) is 0 Å². The van der Waals surface area contributed by atoms with E-state index >= 15 is 0 Å². The molecule has 2 rings (SSSR count). The Kier molecular flexibility index (Phi) is 3.15. The van der Waals surface area contributed by atoms with Gasteiger partial charge in [0.05, 0.1) is 4.88 Å². The van der Waals surface area contributed by atoms with E-state index in [9.17, 15) is 4.39 Å². The molecule has 0 N–H and O–H groups in total. The Morgan fingerprint density at radius 2 is 2.00 bits per heavy atom. The van der Waals surface area contributed by atoms with Gasteiger partial charge in [0.15, 0.2) is 10.3 Å². The van der Waals surface area contributed by atoms with Crippen molar-refractivity contribution in [3.8, 4) is 10.4 Å². The van der Waals surface area contributed by atoms with Gasteiger partial charge in [0.1, 0.15) is 5.82 Å². The van der Waals surface area contributed by atoms with Gasteiger partial charge in [0.25, 0.3) is 4.21 Å². The van der Waals surface area contributed by atoms with Gasteiger partial charge in [-0.25, -0.2) is 4.39 Å². The first-order valence-corrected chi connectivity index (χ1v) is 7.40. The zero-order chi connectivity index (χ0) is 9.97. The lowest BCUT2D eigenvalue weighted by atomic mass is 10.2. The summed E-state index contributed by atoms with van der Waals surface area (Å²) in [6.45, 7) is 0. The molecule has 0 spiro atoms. The van der Waals surface area contributed by atoms with Crippen molar-refractivity contribution < 1.29 is 4.39 Å². The van der Waals surface area contributed by atoms with Gasteiger partial charge in [0, 0.05) is 6.07 Å². The van der Waals surface area contributed by atoms with E-state index in [-0.39, 0.29) is 5.82 Å². The second kappa shape index (κ2) is 4.38. The summed E-state index contributed by atoms with van der Waals surface area (Å²) in [5.41, 5.74) is 1.09. The summed E-state index contributed by atoms with van der Waals surface area (Å²) < 4.78 is 14.0. The lowest BCUT2D eigenvalue weighted by Crippen LogP contribution is -1.73. The third kappa shape index (κ3) is 2.13. The van der Waals surface area contributed by atoms with Crippen LogP contribution in [0.1, 0.15) is 0 Å². The summed E-state index contributed by atoms with van der Waals surface area (Å²) in [6, 6.07) is 8.78. The highest BCUT2D eigenvalue weighted by Crippen LogP contribution is 2.35. The molecule has 0 aliphatic carbocycles. The van der Waals surface area contributed by atoms with Crippen LogP contribution in [-0.4, -0.2) is 6.26 Å². The Labute approximate surface area is 93.8 Å². The van der Waals surface area contributed by atoms with Crippen molar-refractivity contribution in [2.75, 3.05) is 6.26 Å². The topological polar surface area (TPSA) is 0 Å². The number of halogens is 1. The van der Waals surface area contributed by atoms with Crippen LogP contribution in [0.2, 0.25) is 0 Å². The molecule has 0 saturated carbocycles. The molecule has 0 unspecified atom stereocenters. The van der Waals surface area contributed by atoms with E-state index in [1.807, 2.05) is 12.1 Å². The van der Waals surface area contributed by atoms with Crippen molar-refractivity contribution in [3.05, 3.63) is 36.1 Å². The van der Waals surface area contributed by atoms with Crippen LogP contribution in [-0.2, 0) is 0 Å². The Balaban J connectivity index is 2.34. The van der Waals surface area contributed by atoms with Crippen molar-refractivity contribution in [2.45, 2.75) is 4.21 Å². The fraction of sp³-hybridized carbons (Fsp3) is 0.100. The quantitative estimate of drug-likeness (QED) is 0.421. The number of hydrogen-bond donors (Lipinski definition) is 0. The van der Waals surface area contributed by atoms with E-state index in [1.165, 1.54) is 21.2 Å². The molecule has 72 valence electrons. The van der Waals surface area contributed by atoms with Crippen LogP contribution in [0.15, 0.2) is 34.5 Å². The van der Waals surface area contributed by atoms with E-state index in [4.69, 9.17) is 0 Å². The molecule has 1 aromatic heterocycles. The van der Waals surface area contributed by atoms with E-state index < -0.39 is 0 Å². The number of hydrogen-bond acceptors (Lipinski definition) is 2. The summed E-state index contributed by atoms with van der Waals surface area (Å²) in [7, 11) is 3.49. The molecule has 0 nitrogen and oxygen atoms in total. The molecule has 0 aliphatic heterocycles. The first-order chi connectivity index (χ1) is 6.79. The fourth-order valence-electron chi connectivity index (χ4n) is 1.08. The number of thioether (sulfide) groups is 1. The van der Waals surface area contributed by atoms with Crippen LogP contribution in [0.3, 0.4) is 0 Å². The fourth-order valence-corrected chi connectivity index (χ4v) is 4.48. The number of benzene rings is 1. The number of rotatable bonds is 2. The third-order valence-corrected chi connectivity index (χ3v) is 5.61. The molecule has 14 heavy (non-hydrogen) atoms. The SMILES string of the molecule is CSc1cc(-c2ccc(F)cc2)s[s+]1. The molecule has 0 bridgehead atoms. The average Bonchev–Trinajstić information content (AvgIpc) is 2.67. The van der Waals surface area contributed by atoms with Crippen molar-refractivity contribution in [2.24, 2.45) is 0 Å². The van der Waals surface area contributed by atoms with Crippen molar-refractivity contribution in [1.82, 2.24) is 0 Å². The Hall–Kier alpha value is -0.450. The first kappa shape index (κ1) is 10.1. The Morgan fingerprint density at radius 3 is 2.57 bits per heavy atom. The normalized spacial score (nSPS) is 10.4. The largest absolute Gasteiger partial charge is 0.308 e. The maximum atomic E-state index is 12.7. The first-order valence-electron chi connectivity index (χ1n) is 4.02. The average molecular weight is 243 g/mol. The molecule has 0 fully saturated rings. The van der Waals surface area contributed by atoms with Crippen molar-refractivity contribution in [3.63, 3.8) is 0 Å². The summed E-state index contributed by atoms with van der Waals surface area (Å²) >= 11 is 1.74. The summed E-state index contributed by atoms with van der Waals surface area (Å²) in [5, 5.41) is 0. The van der Waals surface area contributed by atoms with Gasteiger partial charge in [-0.3, -0.25) is 0 Å². The lowest BCUT2D eigenvalue weighted by Gasteiger charge is -1.92. The minimum Gasteiger partial charge on any atom is -0.207 e. The molecular formula is C10H8FS3+. The van der Waals surface area contributed by atoms with Crippen LogP contribution in [0.4, 0.5) is 4.39 Å². The smallest absolute Gasteiger partial charge is 0.207 e. The van der Waals surface area contributed by atoms with Crippen molar-refractivity contribution in [1.29, 1.82) is 0 Å². The van der Waals surface area contributed by atoms with E-state index in [0.717, 1.165) is 5.56 Å². The predicted molar refractivity (Wildman–Crippen MR) is 63.8 cm³/mol. The second-order valence-electron chi connectivity index (χ2n) is 2.71. The Morgan fingerprint density at radius 1 is 1.29 bits per heavy atom. The zero-order valence-corrected chi connectivity index (χ0v) is 9.94. The molecule has 1 aromatic carbocycles. The highest BCUT2D eigenvalue weighted by molar-refractivity contribution is 8.02. The monoisotopic (exact) mass is 243 g/mol. The third-order valence-electron chi connectivity index (χ3n) is 1.79. The molecule has 1 heterocycles. The van der Waals surface area contributed by atoms with Crippen LogP contribution in [0.25, 0.3) is 10.4 Å². The lowest BCUT2D eigenvalue weighted by molar-refractivity contribution is 0.628. The van der Waals surface area contributed by atoms with Gasteiger partial charge >= 0.3 is 10.3 Å². The molecule has 4 heteroatoms. The summed E-state index contributed by atoms with van der Waals surface area (Å²) in [5.74, 6) is -0.181. The second-order valence-corrected chi connectivity index (χ2v) is 6.02. The van der Waals surface area contributed by atoms with Crippen molar-refractivity contribution >= 4 is 32.4 Å². The molecule has 0 atom stereocenters. The highest BCUT2D eigenvalue weighted by Gasteiger charge is 2.13. The van der Waals surface area contributed by atoms with Gasteiger partial charge in [0.2, 0.25) is 0 Å². The minimum absolute atomic E-state index is 0.181. The van der Waals surface area contributed by atoms with Gasteiger partial charge in [-0.1, -0.05) is 23.9 Å². The Bertz CT molecular complexity index is 419. The molecule has 2 aromatic rings. The van der Waals surface area contributed by atoms with Crippen LogP contribution < -0.4 is 0 Å². The van der Waals surface area contributed by atoms with Crippen LogP contribution >= 0.6 is 32.4 Å². The van der Waals surface area contributed by atoms with E-state index in [0.29, 0.717) is 0 Å². The van der Waals surface area contributed by atoms with E-state index in [1.54, 1.807) is 32.4 Å². The van der Waals surface area contributed by atoms with Gasteiger partial charge in [-0.05, 0) is 24.0 Å². The zero-order valence-electron chi connectivity index (χ0n) is 7.49. The highest BCUT2D eigenvalue weighted by atomic mass is 32.9.